The lowest BCUT2D eigenvalue weighted by molar-refractivity contribution is 0.0914. The molecule has 1 aromatic heterocycles. The van der Waals surface area contributed by atoms with Crippen LogP contribution in [0.25, 0.3) is 0 Å². The summed E-state index contributed by atoms with van der Waals surface area (Å²) in [6.07, 6.45) is 2.38. The quantitative estimate of drug-likeness (QED) is 0.375. The second-order valence-corrected chi connectivity index (χ2v) is 5.70. The maximum atomic E-state index is 11.8. The Hall–Kier alpha value is -1.59. The fraction of sp³-hybridized carbons (Fsp3) is 0.750. The van der Waals surface area contributed by atoms with Gasteiger partial charge in [-0.15, -0.1) is 34.2 Å². The third-order valence-corrected chi connectivity index (χ3v) is 4.05. The molecule has 0 bridgehead atoms. The second kappa shape index (κ2) is 11.9. The molecule has 148 valence electrons. The minimum atomic E-state index is -0.233. The Balaban J connectivity index is 0.00000338. The smallest absolute Gasteiger partial charge is 0.409 e. The summed E-state index contributed by atoms with van der Waals surface area (Å²) in [5.41, 5.74) is 0. The van der Waals surface area contributed by atoms with Crippen molar-refractivity contribution in [2.75, 3.05) is 45.9 Å². The predicted octanol–water partition coefficient (Wildman–Crippen LogP) is 1.20. The first-order valence-electron chi connectivity index (χ1n) is 9.01. The van der Waals surface area contributed by atoms with Gasteiger partial charge in [0.15, 0.2) is 5.96 Å². The third kappa shape index (κ3) is 6.29. The lowest BCUT2D eigenvalue weighted by Crippen LogP contribution is -2.54. The fourth-order valence-corrected chi connectivity index (χ4v) is 2.74. The predicted molar refractivity (Wildman–Crippen MR) is 111 cm³/mol. The Bertz CT molecular complexity index is 571. The summed E-state index contributed by atoms with van der Waals surface area (Å²) in [7, 11) is 0. The minimum absolute atomic E-state index is 0. The third-order valence-electron chi connectivity index (χ3n) is 4.05. The van der Waals surface area contributed by atoms with Gasteiger partial charge in [0.1, 0.15) is 12.2 Å². The standard InChI is InChI=1S/C16H29N7O2.HI/c1-4-14-20-19-13-23(14)8-7-18-15(17-5-2)21-9-11-22(12-10-21)16(24)25-6-3;/h13H,4-12H2,1-3H3,(H,17,18);1H. The number of aromatic nitrogens is 3. The molecule has 1 aromatic rings. The molecule has 1 saturated heterocycles. The zero-order valence-electron chi connectivity index (χ0n) is 15.8. The summed E-state index contributed by atoms with van der Waals surface area (Å²) in [6, 6.07) is 0. The van der Waals surface area contributed by atoms with Crippen LogP contribution in [0.3, 0.4) is 0 Å². The largest absolute Gasteiger partial charge is 0.450 e. The average Bonchev–Trinajstić information content (AvgIpc) is 3.09. The van der Waals surface area contributed by atoms with E-state index in [-0.39, 0.29) is 30.1 Å². The summed E-state index contributed by atoms with van der Waals surface area (Å²) in [5, 5.41) is 11.4. The molecule has 2 heterocycles. The van der Waals surface area contributed by atoms with E-state index >= 15 is 0 Å². The van der Waals surface area contributed by atoms with Crippen molar-refractivity contribution in [1.82, 2.24) is 29.9 Å². The summed E-state index contributed by atoms with van der Waals surface area (Å²) < 4.78 is 7.09. The number of nitrogens with zero attached hydrogens (tertiary/aromatic N) is 6. The molecule has 0 aromatic carbocycles. The number of amides is 1. The number of aryl methyl sites for hydroxylation is 1. The van der Waals surface area contributed by atoms with Crippen LogP contribution in [0.15, 0.2) is 11.3 Å². The van der Waals surface area contributed by atoms with Crippen molar-refractivity contribution in [3.8, 4) is 0 Å². The molecule has 2 rings (SSSR count). The van der Waals surface area contributed by atoms with Crippen molar-refractivity contribution in [2.45, 2.75) is 33.7 Å². The second-order valence-electron chi connectivity index (χ2n) is 5.70. The van der Waals surface area contributed by atoms with E-state index in [4.69, 9.17) is 9.73 Å². The first-order chi connectivity index (χ1) is 12.2. The summed E-state index contributed by atoms with van der Waals surface area (Å²) in [6.45, 7) is 11.4. The highest BCUT2D eigenvalue weighted by Gasteiger charge is 2.23. The minimum Gasteiger partial charge on any atom is -0.450 e. The van der Waals surface area contributed by atoms with Crippen molar-refractivity contribution < 1.29 is 9.53 Å². The first-order valence-corrected chi connectivity index (χ1v) is 9.01. The molecule has 26 heavy (non-hydrogen) atoms. The normalized spacial score (nSPS) is 14.8. The number of rotatable bonds is 6. The van der Waals surface area contributed by atoms with Crippen molar-refractivity contribution in [1.29, 1.82) is 0 Å². The van der Waals surface area contributed by atoms with Gasteiger partial charge in [0.25, 0.3) is 0 Å². The molecule has 0 unspecified atom stereocenters. The van der Waals surface area contributed by atoms with Gasteiger partial charge in [-0.2, -0.15) is 0 Å². The highest BCUT2D eigenvalue weighted by molar-refractivity contribution is 14.0. The lowest BCUT2D eigenvalue weighted by Gasteiger charge is -2.35. The molecule has 0 aliphatic carbocycles. The van der Waals surface area contributed by atoms with Gasteiger partial charge in [0, 0.05) is 45.7 Å². The molecule has 0 saturated carbocycles. The van der Waals surface area contributed by atoms with E-state index in [1.54, 1.807) is 11.2 Å². The van der Waals surface area contributed by atoms with E-state index in [2.05, 4.69) is 34.3 Å². The number of carbonyl (C=O) groups is 1. The number of guanidine groups is 1. The van der Waals surface area contributed by atoms with Crippen LogP contribution in [0.5, 0.6) is 0 Å². The number of nitrogens with one attached hydrogen (secondary N) is 1. The number of carbonyl (C=O) groups excluding carboxylic acids is 1. The Morgan fingerprint density at radius 2 is 1.92 bits per heavy atom. The molecule has 1 aliphatic rings. The van der Waals surface area contributed by atoms with Gasteiger partial charge in [0.05, 0.1) is 13.2 Å². The molecule has 0 atom stereocenters. The van der Waals surface area contributed by atoms with Gasteiger partial charge in [-0.05, 0) is 13.8 Å². The van der Waals surface area contributed by atoms with Gasteiger partial charge in [-0.25, -0.2) is 4.79 Å². The SMILES string of the molecule is CCNC(=NCCn1cnnc1CC)N1CCN(C(=O)OCC)CC1.I. The highest BCUT2D eigenvalue weighted by Crippen LogP contribution is 2.05. The van der Waals surface area contributed by atoms with Gasteiger partial charge in [0.2, 0.25) is 0 Å². The number of hydrogen-bond acceptors (Lipinski definition) is 5. The van der Waals surface area contributed by atoms with E-state index in [1.807, 2.05) is 11.5 Å². The van der Waals surface area contributed by atoms with E-state index in [0.717, 1.165) is 44.4 Å². The van der Waals surface area contributed by atoms with Gasteiger partial charge in [-0.3, -0.25) is 4.99 Å². The maximum Gasteiger partial charge on any atom is 0.409 e. The van der Waals surface area contributed by atoms with Crippen LogP contribution in [0.2, 0.25) is 0 Å². The molecule has 1 aliphatic heterocycles. The summed E-state index contributed by atoms with van der Waals surface area (Å²) >= 11 is 0. The van der Waals surface area contributed by atoms with Crippen LogP contribution in [-0.4, -0.2) is 82.5 Å². The molecule has 10 heteroatoms. The molecule has 1 fully saturated rings. The first kappa shape index (κ1) is 22.5. The Morgan fingerprint density at radius 3 is 2.54 bits per heavy atom. The van der Waals surface area contributed by atoms with Crippen molar-refractivity contribution in [3.63, 3.8) is 0 Å². The summed E-state index contributed by atoms with van der Waals surface area (Å²) in [4.78, 5) is 20.4. The molecular weight excluding hydrogens is 449 g/mol. The highest BCUT2D eigenvalue weighted by atomic mass is 127. The topological polar surface area (TPSA) is 87.9 Å². The number of ether oxygens (including phenoxy) is 1. The Labute approximate surface area is 172 Å². The zero-order chi connectivity index (χ0) is 18.1. The maximum absolute atomic E-state index is 11.8. The number of hydrogen-bond donors (Lipinski definition) is 1. The van der Waals surface area contributed by atoms with Gasteiger partial charge in [-0.1, -0.05) is 6.92 Å². The van der Waals surface area contributed by atoms with E-state index in [9.17, 15) is 4.79 Å². The Kier molecular flexibility index (Phi) is 10.3. The average molecular weight is 479 g/mol. The summed E-state index contributed by atoms with van der Waals surface area (Å²) in [5.74, 6) is 1.86. The monoisotopic (exact) mass is 479 g/mol. The van der Waals surface area contributed by atoms with Gasteiger partial charge >= 0.3 is 6.09 Å². The molecule has 9 nitrogen and oxygen atoms in total. The Morgan fingerprint density at radius 1 is 1.23 bits per heavy atom. The van der Waals surface area contributed by atoms with Crippen molar-refractivity contribution in [3.05, 3.63) is 12.2 Å². The lowest BCUT2D eigenvalue weighted by atomic mass is 10.3. The molecule has 0 radical (unpaired) electrons. The zero-order valence-corrected chi connectivity index (χ0v) is 18.2. The van der Waals surface area contributed by atoms with Crippen molar-refractivity contribution >= 4 is 36.0 Å². The molecule has 1 amide bonds. The molecule has 1 N–H and O–H groups in total. The van der Waals surface area contributed by atoms with E-state index in [0.29, 0.717) is 26.2 Å². The van der Waals surface area contributed by atoms with E-state index in [1.165, 1.54) is 0 Å². The van der Waals surface area contributed by atoms with Gasteiger partial charge < -0.3 is 24.4 Å². The van der Waals surface area contributed by atoms with E-state index < -0.39 is 0 Å². The van der Waals surface area contributed by atoms with Crippen LogP contribution in [0.1, 0.15) is 26.6 Å². The number of piperazine rings is 1. The van der Waals surface area contributed by atoms with Crippen molar-refractivity contribution in [2.24, 2.45) is 4.99 Å². The fourth-order valence-electron chi connectivity index (χ4n) is 2.74. The van der Waals surface area contributed by atoms with Crippen LogP contribution in [-0.2, 0) is 17.7 Å². The number of halogens is 1. The number of aliphatic imine (C=N–C) groups is 1. The molecule has 0 spiro atoms. The molecular formula is C16H30IN7O2. The van der Waals surface area contributed by atoms with Crippen LogP contribution in [0.4, 0.5) is 4.79 Å². The van der Waals surface area contributed by atoms with Crippen LogP contribution in [0, 0.1) is 0 Å². The van der Waals surface area contributed by atoms with Crippen LogP contribution < -0.4 is 5.32 Å². The van der Waals surface area contributed by atoms with Crippen LogP contribution >= 0.6 is 24.0 Å².